The summed E-state index contributed by atoms with van der Waals surface area (Å²) in [5.41, 5.74) is 4.40. The highest BCUT2D eigenvalue weighted by Crippen LogP contribution is 2.35. The fraction of sp³-hybridized carbons (Fsp3) is 0.510. The van der Waals surface area contributed by atoms with Crippen LogP contribution < -0.4 is 5.32 Å². The van der Waals surface area contributed by atoms with Gasteiger partial charge in [0.05, 0.1) is 34.4 Å². The van der Waals surface area contributed by atoms with E-state index < -0.39 is 25.7 Å². The van der Waals surface area contributed by atoms with E-state index in [1.165, 1.54) is 4.90 Å². The van der Waals surface area contributed by atoms with Crippen molar-refractivity contribution in [2.75, 3.05) is 32.2 Å². The molecule has 4 aromatic heterocycles. The van der Waals surface area contributed by atoms with Crippen LogP contribution >= 0.6 is 0 Å². The molecule has 0 saturated carbocycles. The molecule has 350 valence electrons. The molecule has 2 aliphatic rings. The second-order valence-electron chi connectivity index (χ2n) is 20.0. The van der Waals surface area contributed by atoms with Crippen LogP contribution in [0.15, 0.2) is 54.7 Å². The highest BCUT2D eigenvalue weighted by atomic mass is 28.3. The van der Waals surface area contributed by atoms with E-state index in [9.17, 15) is 19.2 Å². The van der Waals surface area contributed by atoms with E-state index in [0.717, 1.165) is 98.2 Å². The quantitative estimate of drug-likeness (QED) is 0.0438. The van der Waals surface area contributed by atoms with Gasteiger partial charge < -0.3 is 14.8 Å². The highest BCUT2D eigenvalue weighted by Gasteiger charge is 2.36. The number of piperidine rings is 1. The molecular formula is C51H66N8O6Si. The molecule has 15 heteroatoms. The summed E-state index contributed by atoms with van der Waals surface area (Å²) in [7, 11) is 0.792. The number of aromatic nitrogens is 5. The third-order valence-corrected chi connectivity index (χ3v) is 14.0. The van der Waals surface area contributed by atoms with Gasteiger partial charge in [0, 0.05) is 68.4 Å². The zero-order valence-electron chi connectivity index (χ0n) is 40.0. The SMILES string of the molecule is Cc1nn(CCCCCCCC#Cc2cccc(C3CCC(=O)N(COCC[Si](C)(C)C)C3=O)n2)c2cc(C(=O)Nc3cc4c(cn3)cc([C@H]3CCCN3C)n4C(=O)OC(C)(C)C)ccc12. The van der Waals surface area contributed by atoms with E-state index in [4.69, 9.17) is 19.6 Å². The Bertz CT molecular complexity index is 2650. The number of carbonyl (C=O) groups excluding carboxylic acids is 4. The van der Waals surface area contributed by atoms with Gasteiger partial charge in [-0.25, -0.2) is 19.3 Å². The molecule has 6 heterocycles. The van der Waals surface area contributed by atoms with E-state index in [1.807, 2.05) is 74.8 Å². The van der Waals surface area contributed by atoms with Gasteiger partial charge in [-0.05, 0) is 116 Å². The van der Waals surface area contributed by atoms with Crippen LogP contribution in [0, 0.1) is 18.8 Å². The molecule has 1 aromatic carbocycles. The molecule has 1 N–H and O–H groups in total. The molecule has 2 saturated heterocycles. The van der Waals surface area contributed by atoms with Gasteiger partial charge in [0.1, 0.15) is 23.8 Å². The maximum Gasteiger partial charge on any atom is 0.419 e. The maximum absolute atomic E-state index is 13.7. The standard InChI is InChI=1S/C51H66N8O6Si/c1-35-39-23-22-36(48(61)54-46-32-43-37(33-52-46)31-45(42-21-17-26-56(42)5)59(43)50(63)65-51(2,3)4)30-44(39)58(55-35)27-15-13-11-9-10-12-14-18-38-19-16-20-41(53-38)40-24-25-47(60)57(49(40)62)34-64-28-29-66(6,7)8/h16,19-20,22-23,30-33,40,42H,9-13,15,17,21,24-29,34H2,1-8H3,(H,52,54,61)/t40?,42-/m1/s1. The third-order valence-electron chi connectivity index (χ3n) is 12.3. The Morgan fingerprint density at radius 3 is 2.52 bits per heavy atom. The lowest BCUT2D eigenvalue weighted by atomic mass is 9.93. The smallest absolute Gasteiger partial charge is 0.419 e. The van der Waals surface area contributed by atoms with Crippen molar-refractivity contribution in [1.29, 1.82) is 0 Å². The van der Waals surface area contributed by atoms with Gasteiger partial charge in [-0.15, -0.1) is 0 Å². The second-order valence-corrected chi connectivity index (χ2v) is 25.6. The lowest BCUT2D eigenvalue weighted by molar-refractivity contribution is -0.155. The van der Waals surface area contributed by atoms with Crippen molar-refractivity contribution in [3.8, 4) is 11.8 Å². The fourth-order valence-electron chi connectivity index (χ4n) is 8.73. The van der Waals surface area contributed by atoms with Gasteiger partial charge in [0.25, 0.3) is 5.91 Å². The van der Waals surface area contributed by atoms with E-state index in [2.05, 4.69) is 53.7 Å². The van der Waals surface area contributed by atoms with Crippen molar-refractivity contribution in [2.45, 2.75) is 142 Å². The Labute approximate surface area is 389 Å². The molecule has 5 aromatic rings. The van der Waals surface area contributed by atoms with Crippen LogP contribution in [0.3, 0.4) is 0 Å². The molecule has 2 aliphatic heterocycles. The summed E-state index contributed by atoms with van der Waals surface area (Å²) in [6, 6.07) is 16.0. The van der Waals surface area contributed by atoms with Crippen molar-refractivity contribution in [3.63, 3.8) is 0 Å². The van der Waals surface area contributed by atoms with Crippen molar-refractivity contribution in [2.24, 2.45) is 0 Å². The molecule has 3 amide bonds. The maximum atomic E-state index is 13.7. The number of nitrogens with one attached hydrogen (secondary N) is 1. The first kappa shape index (κ1) is 48.2. The number of fused-ring (bicyclic) bond motifs is 2. The number of pyridine rings is 2. The van der Waals surface area contributed by atoms with Gasteiger partial charge in [0.15, 0.2) is 0 Å². The number of hydrogen-bond acceptors (Lipinski definition) is 10. The summed E-state index contributed by atoms with van der Waals surface area (Å²) >= 11 is 0. The van der Waals surface area contributed by atoms with Crippen molar-refractivity contribution in [3.05, 3.63) is 83.1 Å². The first-order valence-corrected chi connectivity index (χ1v) is 27.3. The molecule has 0 aliphatic carbocycles. The summed E-state index contributed by atoms with van der Waals surface area (Å²) < 4.78 is 15.2. The van der Waals surface area contributed by atoms with Crippen LogP contribution in [0.2, 0.25) is 25.7 Å². The summed E-state index contributed by atoms with van der Waals surface area (Å²) in [6.07, 6.45) is 9.77. The van der Waals surface area contributed by atoms with Crippen molar-refractivity contribution in [1.82, 2.24) is 34.1 Å². The summed E-state index contributed by atoms with van der Waals surface area (Å²) in [4.78, 5) is 66.0. The number of hydrogen-bond donors (Lipinski definition) is 1. The van der Waals surface area contributed by atoms with Gasteiger partial charge in [0.2, 0.25) is 11.8 Å². The van der Waals surface area contributed by atoms with Gasteiger partial charge in [-0.2, -0.15) is 5.10 Å². The van der Waals surface area contributed by atoms with E-state index >= 15 is 0 Å². The number of nitrogens with zero attached hydrogens (tertiary/aromatic N) is 7. The minimum Gasteiger partial charge on any atom is -0.443 e. The molecule has 0 bridgehead atoms. The van der Waals surface area contributed by atoms with Gasteiger partial charge in [-0.3, -0.25) is 28.9 Å². The average molecular weight is 915 g/mol. The molecule has 1 unspecified atom stereocenters. The molecule has 2 atom stereocenters. The number of rotatable bonds is 16. The van der Waals surface area contributed by atoms with Crippen LogP contribution in [0.5, 0.6) is 0 Å². The van der Waals surface area contributed by atoms with E-state index in [0.29, 0.717) is 41.3 Å². The monoisotopic (exact) mass is 914 g/mol. The predicted octanol–water partition coefficient (Wildman–Crippen LogP) is 9.83. The van der Waals surface area contributed by atoms with Crippen molar-refractivity contribution >= 4 is 59.5 Å². The molecule has 7 rings (SSSR count). The molecular weight excluding hydrogens is 849 g/mol. The van der Waals surface area contributed by atoms with Crippen LogP contribution in [0.25, 0.3) is 21.8 Å². The Balaban J connectivity index is 0.896. The second kappa shape index (κ2) is 20.9. The molecule has 0 spiro atoms. The Morgan fingerprint density at radius 2 is 1.76 bits per heavy atom. The van der Waals surface area contributed by atoms with Gasteiger partial charge >= 0.3 is 6.09 Å². The largest absolute Gasteiger partial charge is 0.443 e. The third kappa shape index (κ3) is 12.0. The first-order chi connectivity index (χ1) is 31.5. The Kier molecular flexibility index (Phi) is 15.3. The molecule has 14 nitrogen and oxygen atoms in total. The number of anilines is 1. The summed E-state index contributed by atoms with van der Waals surface area (Å²) in [6.45, 7) is 16.6. The minimum absolute atomic E-state index is 0.00607. The van der Waals surface area contributed by atoms with Crippen LogP contribution in [-0.2, 0) is 25.6 Å². The van der Waals surface area contributed by atoms with Crippen molar-refractivity contribution < 1.29 is 28.7 Å². The lowest BCUT2D eigenvalue weighted by Gasteiger charge is -2.30. The zero-order chi connectivity index (χ0) is 47.2. The molecule has 0 radical (unpaired) electrons. The number of likely N-dealkylation sites (tertiary alicyclic amines) is 2. The Morgan fingerprint density at radius 1 is 0.970 bits per heavy atom. The topological polar surface area (TPSA) is 154 Å². The zero-order valence-corrected chi connectivity index (χ0v) is 41.0. The number of ether oxygens (including phenoxy) is 2. The Hall–Kier alpha value is -5.69. The van der Waals surface area contributed by atoms with Crippen LogP contribution in [0.1, 0.15) is 130 Å². The number of aryl methyl sites for hydroxylation is 2. The fourth-order valence-corrected chi connectivity index (χ4v) is 9.48. The molecule has 2 fully saturated rings. The molecule has 66 heavy (non-hydrogen) atoms. The number of amides is 3. The van der Waals surface area contributed by atoms with E-state index in [-0.39, 0.29) is 36.9 Å². The van der Waals surface area contributed by atoms with E-state index in [1.54, 1.807) is 16.8 Å². The summed E-state index contributed by atoms with van der Waals surface area (Å²) in [5.74, 6) is 5.56. The highest BCUT2D eigenvalue weighted by molar-refractivity contribution is 6.76. The number of benzene rings is 1. The average Bonchev–Trinajstić information content (AvgIpc) is 3.95. The number of unbranched alkanes of at least 4 members (excludes halogenated alkanes) is 5. The van der Waals surface area contributed by atoms with Gasteiger partial charge in [-0.1, -0.05) is 57.0 Å². The van der Waals surface area contributed by atoms with Crippen LogP contribution in [-0.4, -0.2) is 98.5 Å². The number of carbonyl (C=O) groups is 4. The minimum atomic E-state index is -1.28. The predicted molar refractivity (Wildman–Crippen MR) is 260 cm³/mol. The normalized spacial score (nSPS) is 17.1. The summed E-state index contributed by atoms with van der Waals surface area (Å²) in [5, 5.41) is 9.59. The van der Waals surface area contributed by atoms with Crippen LogP contribution in [0.4, 0.5) is 10.6 Å². The number of imide groups is 1. The lowest BCUT2D eigenvalue weighted by Crippen LogP contribution is -2.45. The first-order valence-electron chi connectivity index (χ1n) is 23.6.